The molecule has 3 aromatic rings. The minimum Gasteiger partial charge on any atom is -0.493 e. The molecule has 0 aliphatic carbocycles. The molecule has 0 amide bonds. The van der Waals surface area contributed by atoms with Gasteiger partial charge in [0, 0.05) is 0 Å². The van der Waals surface area contributed by atoms with Gasteiger partial charge in [-0.2, -0.15) is 13.5 Å². The van der Waals surface area contributed by atoms with Gasteiger partial charge in [0.2, 0.25) is 0 Å². The molecule has 0 radical (unpaired) electrons. The van der Waals surface area contributed by atoms with E-state index < -0.39 is 21.8 Å². The lowest BCUT2D eigenvalue weighted by atomic mass is 10.2. The maximum absolute atomic E-state index is 13.0. The number of nitrogens with one attached hydrogen (secondary N) is 1. The van der Waals surface area contributed by atoms with Gasteiger partial charge in [-0.05, 0) is 60.2 Å². The first-order chi connectivity index (χ1) is 14.4. The Labute approximate surface area is 172 Å². The second-order valence-corrected chi connectivity index (χ2v) is 7.63. The quantitative estimate of drug-likeness (QED) is 0.270. The van der Waals surface area contributed by atoms with E-state index in [-0.39, 0.29) is 22.0 Å². The Morgan fingerprint density at radius 1 is 1.00 bits per heavy atom. The molecular weight excluding hydrogens is 411 g/mol. The molecule has 0 bridgehead atoms. The number of esters is 1. The first kappa shape index (κ1) is 21.0. The molecule has 0 aromatic heterocycles. The molecule has 154 valence electrons. The lowest BCUT2D eigenvalue weighted by molar-refractivity contribution is 0.0729. The Morgan fingerprint density at radius 3 is 2.37 bits per heavy atom. The normalized spacial score (nSPS) is 11.3. The zero-order chi connectivity index (χ0) is 21.6. The molecule has 0 spiro atoms. The highest BCUT2D eigenvalue weighted by Gasteiger charge is 2.14. The number of ether oxygens (including phenoxy) is 2. The van der Waals surface area contributed by atoms with Crippen molar-refractivity contribution in [1.82, 2.24) is 4.83 Å². The summed E-state index contributed by atoms with van der Waals surface area (Å²) >= 11 is 0. The summed E-state index contributed by atoms with van der Waals surface area (Å²) in [6.07, 6.45) is 1.29. The summed E-state index contributed by atoms with van der Waals surface area (Å²) in [4.78, 5) is 14.4. The van der Waals surface area contributed by atoms with Crippen LogP contribution in [0.3, 0.4) is 0 Å². The highest BCUT2D eigenvalue weighted by atomic mass is 32.2. The standard InChI is InChI=1S/C21H17FN2O5S/c1-28-20-13-15(14-23-24-30(26,27)18-5-3-2-4-6-18)7-12-19(20)29-21(25)16-8-10-17(22)11-9-16/h2-14,24H,1H3/b23-14+. The number of rotatable bonds is 7. The molecule has 0 atom stereocenters. The Bertz CT molecular complexity index is 1160. The summed E-state index contributed by atoms with van der Waals surface area (Å²) in [5.74, 6) is -0.754. The van der Waals surface area contributed by atoms with Crippen LogP contribution in [0, 0.1) is 5.82 Å². The van der Waals surface area contributed by atoms with E-state index in [2.05, 4.69) is 9.93 Å². The van der Waals surface area contributed by atoms with Crippen LogP contribution in [0.15, 0.2) is 82.8 Å². The fraction of sp³-hybridized carbons (Fsp3) is 0.0476. The van der Waals surface area contributed by atoms with Crippen molar-refractivity contribution in [2.45, 2.75) is 4.90 Å². The van der Waals surface area contributed by atoms with Gasteiger partial charge in [-0.15, -0.1) is 0 Å². The van der Waals surface area contributed by atoms with E-state index >= 15 is 0 Å². The second kappa shape index (κ2) is 9.19. The smallest absolute Gasteiger partial charge is 0.343 e. The number of sulfonamides is 1. The first-order valence-electron chi connectivity index (χ1n) is 8.65. The van der Waals surface area contributed by atoms with Crippen LogP contribution >= 0.6 is 0 Å². The number of methoxy groups -OCH3 is 1. The monoisotopic (exact) mass is 428 g/mol. The van der Waals surface area contributed by atoms with Gasteiger partial charge in [-0.3, -0.25) is 0 Å². The molecule has 9 heteroatoms. The minimum absolute atomic E-state index is 0.0859. The van der Waals surface area contributed by atoms with Crippen molar-refractivity contribution in [2.75, 3.05) is 7.11 Å². The third-order valence-corrected chi connectivity index (χ3v) is 5.15. The molecule has 3 rings (SSSR count). The Morgan fingerprint density at radius 2 is 1.70 bits per heavy atom. The molecule has 3 aromatic carbocycles. The summed E-state index contributed by atoms with van der Waals surface area (Å²) in [7, 11) is -2.39. The van der Waals surface area contributed by atoms with E-state index in [0.29, 0.717) is 5.56 Å². The number of hydrogen-bond donors (Lipinski definition) is 1. The lowest BCUT2D eigenvalue weighted by Crippen LogP contribution is -2.18. The SMILES string of the molecule is COc1cc(/C=N/NS(=O)(=O)c2ccccc2)ccc1OC(=O)c1ccc(F)cc1. The summed E-state index contributed by atoms with van der Waals surface area (Å²) in [6.45, 7) is 0. The van der Waals surface area contributed by atoms with Crippen LogP contribution < -0.4 is 14.3 Å². The number of hydrazone groups is 1. The Hall–Kier alpha value is -3.72. The third kappa shape index (κ3) is 5.21. The number of carbonyl (C=O) groups is 1. The van der Waals surface area contributed by atoms with Crippen molar-refractivity contribution in [3.8, 4) is 11.5 Å². The van der Waals surface area contributed by atoms with Gasteiger partial charge in [-0.1, -0.05) is 18.2 Å². The molecule has 1 N–H and O–H groups in total. The number of benzene rings is 3. The lowest BCUT2D eigenvalue weighted by Gasteiger charge is -2.10. The fourth-order valence-corrected chi connectivity index (χ4v) is 3.23. The Balaban J connectivity index is 1.71. The molecular formula is C21H17FN2O5S. The molecule has 0 saturated carbocycles. The van der Waals surface area contributed by atoms with E-state index in [0.717, 1.165) is 12.1 Å². The van der Waals surface area contributed by atoms with Gasteiger partial charge in [0.1, 0.15) is 5.82 Å². The molecule has 0 heterocycles. The molecule has 0 saturated heterocycles. The summed E-state index contributed by atoms with van der Waals surface area (Å²) in [5.41, 5.74) is 0.684. The van der Waals surface area contributed by atoms with Gasteiger partial charge in [-0.25, -0.2) is 14.0 Å². The van der Waals surface area contributed by atoms with Crippen molar-refractivity contribution in [1.29, 1.82) is 0 Å². The zero-order valence-electron chi connectivity index (χ0n) is 15.8. The zero-order valence-corrected chi connectivity index (χ0v) is 16.6. The van der Waals surface area contributed by atoms with E-state index in [1.807, 2.05) is 0 Å². The van der Waals surface area contributed by atoms with E-state index in [1.165, 1.54) is 49.7 Å². The molecule has 0 fully saturated rings. The van der Waals surface area contributed by atoms with Crippen molar-refractivity contribution >= 4 is 22.2 Å². The van der Waals surface area contributed by atoms with Crippen molar-refractivity contribution < 1.29 is 27.1 Å². The molecule has 30 heavy (non-hydrogen) atoms. The molecule has 0 aliphatic rings. The van der Waals surface area contributed by atoms with Crippen molar-refractivity contribution in [3.63, 3.8) is 0 Å². The highest BCUT2D eigenvalue weighted by Crippen LogP contribution is 2.28. The summed E-state index contributed by atoms with van der Waals surface area (Å²) in [6, 6.07) is 17.3. The number of hydrogen-bond acceptors (Lipinski definition) is 6. The van der Waals surface area contributed by atoms with Crippen LogP contribution in [0.25, 0.3) is 0 Å². The van der Waals surface area contributed by atoms with Crippen LogP contribution in [-0.4, -0.2) is 27.7 Å². The molecule has 7 nitrogen and oxygen atoms in total. The number of carbonyl (C=O) groups excluding carboxylic acids is 1. The van der Waals surface area contributed by atoms with E-state index in [9.17, 15) is 17.6 Å². The van der Waals surface area contributed by atoms with Crippen molar-refractivity contribution in [3.05, 3.63) is 89.7 Å². The fourth-order valence-electron chi connectivity index (χ4n) is 2.42. The number of nitrogens with zero attached hydrogens (tertiary/aromatic N) is 1. The van der Waals surface area contributed by atoms with Crippen molar-refractivity contribution in [2.24, 2.45) is 5.10 Å². The highest BCUT2D eigenvalue weighted by molar-refractivity contribution is 7.89. The second-order valence-electron chi connectivity index (χ2n) is 5.97. The molecule has 0 aliphatic heterocycles. The van der Waals surface area contributed by atoms with Crippen LogP contribution in [0.5, 0.6) is 11.5 Å². The van der Waals surface area contributed by atoms with Crippen LogP contribution in [0.1, 0.15) is 15.9 Å². The van der Waals surface area contributed by atoms with Gasteiger partial charge in [0.05, 0.1) is 23.8 Å². The first-order valence-corrected chi connectivity index (χ1v) is 10.1. The van der Waals surface area contributed by atoms with Gasteiger partial charge in [0.15, 0.2) is 11.5 Å². The van der Waals surface area contributed by atoms with Crippen LogP contribution in [0.2, 0.25) is 0 Å². The van der Waals surface area contributed by atoms with Gasteiger partial charge >= 0.3 is 5.97 Å². The maximum atomic E-state index is 13.0. The average Bonchev–Trinajstić information content (AvgIpc) is 2.75. The van der Waals surface area contributed by atoms with E-state index in [1.54, 1.807) is 24.3 Å². The molecule has 0 unspecified atom stereocenters. The predicted octanol–water partition coefficient (Wildman–Crippen LogP) is 3.37. The maximum Gasteiger partial charge on any atom is 0.343 e. The summed E-state index contributed by atoms with van der Waals surface area (Å²) < 4.78 is 47.8. The summed E-state index contributed by atoms with van der Waals surface area (Å²) in [5, 5.41) is 3.75. The van der Waals surface area contributed by atoms with Crippen LogP contribution in [-0.2, 0) is 10.0 Å². The van der Waals surface area contributed by atoms with Crippen LogP contribution in [0.4, 0.5) is 4.39 Å². The van der Waals surface area contributed by atoms with Gasteiger partial charge in [0.25, 0.3) is 10.0 Å². The van der Waals surface area contributed by atoms with Gasteiger partial charge < -0.3 is 9.47 Å². The minimum atomic E-state index is -3.78. The predicted molar refractivity (Wildman–Crippen MR) is 109 cm³/mol. The largest absolute Gasteiger partial charge is 0.493 e. The van der Waals surface area contributed by atoms with E-state index in [4.69, 9.17) is 9.47 Å². The average molecular weight is 428 g/mol. The number of halogens is 1. The third-order valence-electron chi connectivity index (χ3n) is 3.91. The topological polar surface area (TPSA) is 94.1 Å². The Kier molecular flexibility index (Phi) is 6.43.